The number of nitrogens with one attached hydrogen (secondary N) is 2. The van der Waals surface area contributed by atoms with Crippen molar-refractivity contribution in [1.29, 1.82) is 0 Å². The van der Waals surface area contributed by atoms with Crippen molar-refractivity contribution in [2.45, 2.75) is 24.8 Å². The van der Waals surface area contributed by atoms with E-state index in [1.165, 1.54) is 30.3 Å². The summed E-state index contributed by atoms with van der Waals surface area (Å²) >= 11 is 0. The number of sulfonamides is 1. The maximum absolute atomic E-state index is 12.3. The van der Waals surface area contributed by atoms with Crippen LogP contribution in [0.3, 0.4) is 0 Å². The maximum Gasteiger partial charge on any atom is 0.255 e. The Labute approximate surface area is 153 Å². The van der Waals surface area contributed by atoms with Gasteiger partial charge in [-0.3, -0.25) is 4.79 Å². The Bertz CT molecular complexity index is 857. The molecule has 0 radical (unpaired) electrons. The number of hydrogen-bond acceptors (Lipinski definition) is 4. The van der Waals surface area contributed by atoms with E-state index in [0.29, 0.717) is 11.3 Å². The van der Waals surface area contributed by atoms with Crippen LogP contribution in [0.4, 0.5) is 5.69 Å². The number of carbonyl (C=O) groups excluding carboxylic acids is 1. The second-order valence-corrected chi connectivity index (χ2v) is 7.58. The molecule has 0 heterocycles. The molecule has 1 amide bonds. The predicted molar refractivity (Wildman–Crippen MR) is 102 cm³/mol. The van der Waals surface area contributed by atoms with Gasteiger partial charge >= 0.3 is 0 Å². The van der Waals surface area contributed by atoms with Crippen molar-refractivity contribution in [2.24, 2.45) is 0 Å². The topological polar surface area (TPSA) is 84.5 Å². The van der Waals surface area contributed by atoms with Crippen LogP contribution in [0.5, 0.6) is 5.75 Å². The fourth-order valence-corrected chi connectivity index (χ4v) is 3.13. The Morgan fingerprint density at radius 3 is 2.27 bits per heavy atom. The van der Waals surface area contributed by atoms with Gasteiger partial charge < -0.3 is 10.1 Å². The lowest BCUT2D eigenvalue weighted by Crippen LogP contribution is -2.23. The normalized spacial score (nSPS) is 11.2. The molecular formula is C19H22N2O4S. The van der Waals surface area contributed by atoms with E-state index in [1.54, 1.807) is 24.3 Å². The number of anilines is 1. The zero-order valence-corrected chi connectivity index (χ0v) is 15.5. The van der Waals surface area contributed by atoms with Gasteiger partial charge in [-0.1, -0.05) is 6.08 Å². The molecule has 7 heteroatoms. The minimum atomic E-state index is -3.61. The molecule has 2 aromatic rings. The molecule has 0 saturated heterocycles. The fraction of sp³-hybridized carbons (Fsp3) is 0.211. The molecule has 6 nitrogen and oxygen atoms in total. The van der Waals surface area contributed by atoms with Crippen molar-refractivity contribution in [3.05, 3.63) is 66.7 Å². The van der Waals surface area contributed by atoms with Gasteiger partial charge in [0.25, 0.3) is 5.91 Å². The molecule has 0 unspecified atom stereocenters. The van der Waals surface area contributed by atoms with E-state index < -0.39 is 10.0 Å². The Hall–Kier alpha value is -2.64. The van der Waals surface area contributed by atoms with Crippen LogP contribution in [-0.2, 0) is 10.0 Å². The van der Waals surface area contributed by atoms with E-state index in [1.807, 2.05) is 13.8 Å². The molecule has 2 rings (SSSR count). The van der Waals surface area contributed by atoms with Gasteiger partial charge in [0.2, 0.25) is 10.0 Å². The highest BCUT2D eigenvalue weighted by atomic mass is 32.2. The first kappa shape index (κ1) is 19.7. The molecule has 0 aliphatic heterocycles. The van der Waals surface area contributed by atoms with E-state index >= 15 is 0 Å². The van der Waals surface area contributed by atoms with Crippen LogP contribution in [0.15, 0.2) is 66.1 Å². The van der Waals surface area contributed by atoms with Gasteiger partial charge in [-0.15, -0.1) is 6.58 Å². The summed E-state index contributed by atoms with van der Waals surface area (Å²) < 4.78 is 31.9. The Kier molecular flexibility index (Phi) is 6.54. The number of amides is 1. The SMILES string of the molecule is C=CCNS(=O)(=O)c1ccc(C(=O)Nc2ccc(OC(C)C)cc2)cc1. The molecular weight excluding hydrogens is 352 g/mol. The second kappa shape index (κ2) is 8.64. The third-order valence-electron chi connectivity index (χ3n) is 3.33. The third-order valence-corrected chi connectivity index (χ3v) is 4.77. The summed E-state index contributed by atoms with van der Waals surface area (Å²) in [5.41, 5.74) is 0.977. The summed E-state index contributed by atoms with van der Waals surface area (Å²) in [7, 11) is -3.61. The van der Waals surface area contributed by atoms with Crippen LogP contribution >= 0.6 is 0 Å². The zero-order chi connectivity index (χ0) is 19.2. The van der Waals surface area contributed by atoms with E-state index in [-0.39, 0.29) is 23.5 Å². The highest BCUT2D eigenvalue weighted by Crippen LogP contribution is 2.18. The molecule has 0 aromatic heterocycles. The molecule has 26 heavy (non-hydrogen) atoms. The van der Waals surface area contributed by atoms with Crippen LogP contribution in [0.2, 0.25) is 0 Å². The lowest BCUT2D eigenvalue weighted by Gasteiger charge is -2.11. The quantitative estimate of drug-likeness (QED) is 0.695. The van der Waals surface area contributed by atoms with E-state index in [9.17, 15) is 13.2 Å². The van der Waals surface area contributed by atoms with Crippen molar-refractivity contribution in [3.63, 3.8) is 0 Å². The summed E-state index contributed by atoms with van der Waals surface area (Å²) in [6.07, 6.45) is 1.53. The van der Waals surface area contributed by atoms with Crippen LogP contribution in [-0.4, -0.2) is 27.0 Å². The van der Waals surface area contributed by atoms with Gasteiger partial charge in [0.15, 0.2) is 0 Å². The summed E-state index contributed by atoms with van der Waals surface area (Å²) in [6.45, 7) is 7.48. The van der Waals surface area contributed by atoms with Crippen LogP contribution in [0.1, 0.15) is 24.2 Å². The molecule has 2 N–H and O–H groups in total. The largest absolute Gasteiger partial charge is 0.491 e. The van der Waals surface area contributed by atoms with Gasteiger partial charge in [-0.25, -0.2) is 13.1 Å². The van der Waals surface area contributed by atoms with Crippen molar-refractivity contribution < 1.29 is 17.9 Å². The smallest absolute Gasteiger partial charge is 0.255 e. The van der Waals surface area contributed by atoms with E-state index in [4.69, 9.17) is 4.74 Å². The third kappa shape index (κ3) is 5.44. The lowest BCUT2D eigenvalue weighted by molar-refractivity contribution is 0.102. The molecule has 0 fully saturated rings. The molecule has 0 saturated carbocycles. The lowest BCUT2D eigenvalue weighted by atomic mass is 10.2. The van der Waals surface area contributed by atoms with Crippen molar-refractivity contribution >= 4 is 21.6 Å². The minimum Gasteiger partial charge on any atom is -0.491 e. The minimum absolute atomic E-state index is 0.0752. The average Bonchev–Trinajstić information content (AvgIpc) is 2.61. The highest BCUT2D eigenvalue weighted by Gasteiger charge is 2.14. The molecule has 0 aliphatic rings. The average molecular weight is 374 g/mol. The van der Waals surface area contributed by atoms with Crippen LogP contribution in [0.25, 0.3) is 0 Å². The van der Waals surface area contributed by atoms with Gasteiger partial charge in [0.1, 0.15) is 5.75 Å². The molecule has 0 atom stereocenters. The van der Waals surface area contributed by atoms with Gasteiger partial charge in [-0.05, 0) is 62.4 Å². The zero-order valence-electron chi connectivity index (χ0n) is 14.7. The first-order chi connectivity index (χ1) is 12.3. The standard InChI is InChI=1S/C19H22N2O4S/c1-4-13-20-26(23,24)18-11-5-15(6-12-18)19(22)21-16-7-9-17(10-8-16)25-14(2)3/h4-12,14,20H,1,13H2,2-3H3,(H,21,22). The molecule has 138 valence electrons. The first-order valence-corrected chi connectivity index (χ1v) is 9.59. The summed E-state index contributed by atoms with van der Waals surface area (Å²) in [5.74, 6) is 0.394. The molecule has 0 spiro atoms. The Morgan fingerprint density at radius 2 is 1.73 bits per heavy atom. The monoisotopic (exact) mass is 374 g/mol. The van der Waals surface area contributed by atoms with E-state index in [0.717, 1.165) is 5.75 Å². The number of carbonyl (C=O) groups is 1. The summed E-state index contributed by atoms with van der Waals surface area (Å²) in [6, 6.07) is 12.7. The Morgan fingerprint density at radius 1 is 1.12 bits per heavy atom. The second-order valence-electron chi connectivity index (χ2n) is 5.81. The predicted octanol–water partition coefficient (Wildman–Crippen LogP) is 3.19. The van der Waals surface area contributed by atoms with Gasteiger partial charge in [0, 0.05) is 17.8 Å². The highest BCUT2D eigenvalue weighted by molar-refractivity contribution is 7.89. The van der Waals surface area contributed by atoms with Crippen LogP contribution in [0, 0.1) is 0 Å². The summed E-state index contributed by atoms with van der Waals surface area (Å²) in [4.78, 5) is 12.4. The van der Waals surface area contributed by atoms with Gasteiger partial charge in [0.05, 0.1) is 11.0 Å². The molecule has 2 aromatic carbocycles. The van der Waals surface area contributed by atoms with Crippen molar-refractivity contribution in [3.8, 4) is 5.75 Å². The Balaban J connectivity index is 2.05. The fourth-order valence-electron chi connectivity index (χ4n) is 2.13. The summed E-state index contributed by atoms with van der Waals surface area (Å²) in [5, 5.41) is 2.76. The maximum atomic E-state index is 12.3. The molecule has 0 bridgehead atoms. The first-order valence-electron chi connectivity index (χ1n) is 8.10. The number of ether oxygens (including phenoxy) is 1. The number of rotatable bonds is 8. The van der Waals surface area contributed by atoms with Gasteiger partial charge in [-0.2, -0.15) is 0 Å². The van der Waals surface area contributed by atoms with Crippen molar-refractivity contribution in [2.75, 3.05) is 11.9 Å². The molecule has 0 aliphatic carbocycles. The number of hydrogen-bond donors (Lipinski definition) is 2. The number of benzene rings is 2. The van der Waals surface area contributed by atoms with Crippen molar-refractivity contribution in [1.82, 2.24) is 4.72 Å². The van der Waals surface area contributed by atoms with Crippen LogP contribution < -0.4 is 14.8 Å². The van der Waals surface area contributed by atoms with E-state index in [2.05, 4.69) is 16.6 Å².